The number of rotatable bonds is 3. The smallest absolute Gasteiger partial charge is 0.179 e. The maximum Gasteiger partial charge on any atom is 0.179 e. The highest BCUT2D eigenvalue weighted by Crippen LogP contribution is 2.38. The Hall–Kier alpha value is -1.69. The van der Waals surface area contributed by atoms with Crippen LogP contribution in [0, 0.1) is 0 Å². The van der Waals surface area contributed by atoms with Gasteiger partial charge in [0.25, 0.3) is 0 Å². The zero-order valence-electron chi connectivity index (χ0n) is 14.5. The van der Waals surface area contributed by atoms with Gasteiger partial charge in [0.05, 0.1) is 23.3 Å². The van der Waals surface area contributed by atoms with E-state index in [1.165, 1.54) is 0 Å². The molecule has 1 saturated heterocycles. The number of fused-ring (bicyclic) bond motifs is 1. The lowest BCUT2D eigenvalue weighted by atomic mass is 10.1. The van der Waals surface area contributed by atoms with E-state index in [-0.39, 0.29) is 0 Å². The fourth-order valence-corrected chi connectivity index (χ4v) is 3.72. The molecule has 26 heavy (non-hydrogen) atoms. The van der Waals surface area contributed by atoms with Gasteiger partial charge in [-0.2, -0.15) is 0 Å². The van der Waals surface area contributed by atoms with Gasteiger partial charge in [-0.1, -0.05) is 23.2 Å². The average Bonchev–Trinajstić information content (AvgIpc) is 2.89. The fourth-order valence-electron chi connectivity index (χ4n) is 3.32. The van der Waals surface area contributed by atoms with Crippen LogP contribution in [-0.2, 0) is 6.54 Å². The van der Waals surface area contributed by atoms with Gasteiger partial charge in [-0.3, -0.25) is 4.90 Å². The summed E-state index contributed by atoms with van der Waals surface area (Å²) in [5, 5.41) is 1.29. The molecule has 0 atom stereocenters. The number of benzene rings is 1. The van der Waals surface area contributed by atoms with Crippen LogP contribution in [0.4, 0.5) is 5.82 Å². The Labute approximate surface area is 163 Å². The third-order valence-corrected chi connectivity index (χ3v) is 5.18. The number of anilines is 1. The van der Waals surface area contributed by atoms with Gasteiger partial charge in [0.15, 0.2) is 11.5 Å². The molecule has 0 aliphatic carbocycles. The monoisotopic (exact) mass is 393 g/mol. The van der Waals surface area contributed by atoms with Crippen LogP contribution in [-0.4, -0.2) is 49.3 Å². The standard InChI is InChI=1S/C19H21Cl2N3O2/c20-15-2-3-18(22-12-15)24-6-4-23(5-7-24)13-14-10-16(21)19-17(11-14)25-8-1-9-26-19/h2-3,10-12H,1,4-9,13H2. The summed E-state index contributed by atoms with van der Waals surface area (Å²) in [5.41, 5.74) is 1.15. The Bertz CT molecular complexity index is 762. The van der Waals surface area contributed by atoms with Crippen molar-refractivity contribution >= 4 is 29.0 Å². The molecule has 0 N–H and O–H groups in total. The number of nitrogens with zero attached hydrogens (tertiary/aromatic N) is 3. The van der Waals surface area contributed by atoms with Crippen molar-refractivity contribution in [2.75, 3.05) is 44.3 Å². The van der Waals surface area contributed by atoms with Gasteiger partial charge in [0.1, 0.15) is 5.82 Å². The van der Waals surface area contributed by atoms with E-state index in [0.29, 0.717) is 29.0 Å². The zero-order valence-corrected chi connectivity index (χ0v) is 16.0. The van der Waals surface area contributed by atoms with E-state index in [2.05, 4.69) is 20.9 Å². The summed E-state index contributed by atoms with van der Waals surface area (Å²) in [6.07, 6.45) is 2.57. The number of pyridine rings is 1. The van der Waals surface area contributed by atoms with E-state index in [9.17, 15) is 0 Å². The number of aromatic nitrogens is 1. The van der Waals surface area contributed by atoms with Gasteiger partial charge < -0.3 is 14.4 Å². The topological polar surface area (TPSA) is 37.8 Å². The molecule has 0 bridgehead atoms. The third kappa shape index (κ3) is 4.00. The van der Waals surface area contributed by atoms with Gasteiger partial charge in [-0.15, -0.1) is 0 Å². The SMILES string of the molecule is Clc1ccc(N2CCN(Cc3cc(Cl)c4c(c3)OCCCO4)CC2)nc1. The van der Waals surface area contributed by atoms with E-state index < -0.39 is 0 Å². The first-order valence-corrected chi connectivity index (χ1v) is 9.61. The van der Waals surface area contributed by atoms with Crippen molar-refractivity contribution in [1.29, 1.82) is 0 Å². The van der Waals surface area contributed by atoms with Crippen LogP contribution >= 0.6 is 23.2 Å². The average molecular weight is 394 g/mol. The lowest BCUT2D eigenvalue weighted by Crippen LogP contribution is -2.46. The maximum atomic E-state index is 6.40. The first-order chi connectivity index (χ1) is 12.7. The second-order valence-corrected chi connectivity index (χ2v) is 7.40. The molecule has 3 heterocycles. The van der Waals surface area contributed by atoms with E-state index in [1.807, 2.05) is 18.2 Å². The normalized spacial score (nSPS) is 17.8. The van der Waals surface area contributed by atoms with E-state index in [0.717, 1.165) is 56.3 Å². The molecule has 0 radical (unpaired) electrons. The maximum absolute atomic E-state index is 6.40. The molecule has 0 unspecified atom stereocenters. The summed E-state index contributed by atoms with van der Waals surface area (Å²) in [7, 11) is 0. The summed E-state index contributed by atoms with van der Waals surface area (Å²) in [5.74, 6) is 2.41. The van der Waals surface area contributed by atoms with Crippen LogP contribution in [0.5, 0.6) is 11.5 Å². The molecule has 4 rings (SSSR count). The van der Waals surface area contributed by atoms with Crippen molar-refractivity contribution in [3.05, 3.63) is 46.1 Å². The van der Waals surface area contributed by atoms with E-state index >= 15 is 0 Å². The number of hydrogen-bond donors (Lipinski definition) is 0. The summed E-state index contributed by atoms with van der Waals surface area (Å²) in [6, 6.07) is 7.90. The molecule has 0 amide bonds. The van der Waals surface area contributed by atoms with E-state index in [4.69, 9.17) is 32.7 Å². The first-order valence-electron chi connectivity index (χ1n) is 8.86. The van der Waals surface area contributed by atoms with Crippen LogP contribution < -0.4 is 14.4 Å². The van der Waals surface area contributed by atoms with Crippen LogP contribution in [0.3, 0.4) is 0 Å². The molecule has 7 heteroatoms. The van der Waals surface area contributed by atoms with Crippen molar-refractivity contribution < 1.29 is 9.47 Å². The Morgan fingerprint density at radius 3 is 2.58 bits per heavy atom. The van der Waals surface area contributed by atoms with Gasteiger partial charge in [0.2, 0.25) is 0 Å². The predicted octanol–water partition coefficient (Wildman–Crippen LogP) is 3.87. The lowest BCUT2D eigenvalue weighted by molar-refractivity contribution is 0.248. The highest BCUT2D eigenvalue weighted by molar-refractivity contribution is 6.32. The molecule has 5 nitrogen and oxygen atoms in total. The fraction of sp³-hybridized carbons (Fsp3) is 0.421. The van der Waals surface area contributed by atoms with Gasteiger partial charge in [-0.25, -0.2) is 4.98 Å². The van der Waals surface area contributed by atoms with Crippen molar-refractivity contribution in [3.8, 4) is 11.5 Å². The van der Waals surface area contributed by atoms with Crippen LogP contribution in [0.25, 0.3) is 0 Å². The van der Waals surface area contributed by atoms with E-state index in [1.54, 1.807) is 6.20 Å². The molecule has 2 aliphatic heterocycles. The third-order valence-electron chi connectivity index (χ3n) is 4.68. The molecule has 2 aliphatic rings. The highest BCUT2D eigenvalue weighted by atomic mass is 35.5. The van der Waals surface area contributed by atoms with Gasteiger partial charge in [0, 0.05) is 45.3 Å². The van der Waals surface area contributed by atoms with Crippen molar-refractivity contribution in [2.45, 2.75) is 13.0 Å². The Morgan fingerprint density at radius 2 is 1.81 bits per heavy atom. The zero-order chi connectivity index (χ0) is 17.9. The quantitative estimate of drug-likeness (QED) is 0.790. The molecule has 1 aromatic carbocycles. The Morgan fingerprint density at radius 1 is 1.00 bits per heavy atom. The number of halogens is 2. The minimum atomic E-state index is 0.628. The van der Waals surface area contributed by atoms with Gasteiger partial charge >= 0.3 is 0 Å². The summed E-state index contributed by atoms with van der Waals surface area (Å²) in [4.78, 5) is 9.11. The predicted molar refractivity (Wildman–Crippen MR) is 104 cm³/mol. The summed E-state index contributed by atoms with van der Waals surface area (Å²) < 4.78 is 11.5. The number of hydrogen-bond acceptors (Lipinski definition) is 5. The minimum Gasteiger partial charge on any atom is -0.489 e. The molecule has 2 aromatic rings. The minimum absolute atomic E-state index is 0.628. The Balaban J connectivity index is 1.39. The second kappa shape index (κ2) is 7.91. The summed E-state index contributed by atoms with van der Waals surface area (Å²) >= 11 is 12.3. The Kier molecular flexibility index (Phi) is 5.38. The van der Waals surface area contributed by atoms with Crippen LogP contribution in [0.1, 0.15) is 12.0 Å². The molecule has 0 spiro atoms. The van der Waals surface area contributed by atoms with Crippen molar-refractivity contribution in [2.24, 2.45) is 0 Å². The van der Waals surface area contributed by atoms with Crippen LogP contribution in [0.15, 0.2) is 30.5 Å². The van der Waals surface area contributed by atoms with Crippen LogP contribution in [0.2, 0.25) is 10.0 Å². The van der Waals surface area contributed by atoms with Crippen molar-refractivity contribution in [3.63, 3.8) is 0 Å². The molecular weight excluding hydrogens is 373 g/mol. The molecule has 138 valence electrons. The second-order valence-electron chi connectivity index (χ2n) is 6.55. The van der Waals surface area contributed by atoms with Gasteiger partial charge in [-0.05, 0) is 29.8 Å². The molecule has 1 fully saturated rings. The van der Waals surface area contributed by atoms with Crippen molar-refractivity contribution in [1.82, 2.24) is 9.88 Å². The molecular formula is C19H21Cl2N3O2. The summed E-state index contributed by atoms with van der Waals surface area (Å²) in [6.45, 7) is 5.97. The highest BCUT2D eigenvalue weighted by Gasteiger charge is 2.20. The molecule has 0 saturated carbocycles. The lowest BCUT2D eigenvalue weighted by Gasteiger charge is -2.35. The largest absolute Gasteiger partial charge is 0.489 e. The first kappa shape index (κ1) is 17.7. The molecule has 1 aromatic heterocycles. The number of ether oxygens (including phenoxy) is 2. The number of piperazine rings is 1.